The van der Waals surface area contributed by atoms with E-state index < -0.39 is 0 Å². The van der Waals surface area contributed by atoms with Gasteiger partial charge in [-0.2, -0.15) is 4.98 Å². The van der Waals surface area contributed by atoms with Crippen molar-refractivity contribution < 1.29 is 0 Å². The van der Waals surface area contributed by atoms with Gasteiger partial charge in [0, 0.05) is 44.4 Å². The van der Waals surface area contributed by atoms with Gasteiger partial charge in [0.25, 0.3) is 0 Å². The number of anilines is 2. The number of rotatable bonds is 6. The number of nitrogens with one attached hydrogen (secondary N) is 1. The lowest BCUT2D eigenvalue weighted by atomic mass is 10.1. The number of benzene rings is 2. The molecule has 0 amide bonds. The number of piperazine rings is 1. The van der Waals surface area contributed by atoms with Crippen LogP contribution in [0.3, 0.4) is 0 Å². The molecule has 1 aromatic heterocycles. The quantitative estimate of drug-likeness (QED) is 0.687. The Bertz CT molecular complexity index is 933. The topological polar surface area (TPSA) is 44.3 Å². The number of hydrogen-bond acceptors (Lipinski definition) is 5. The summed E-state index contributed by atoms with van der Waals surface area (Å²) in [4.78, 5) is 14.5. The maximum absolute atomic E-state index is 4.86. The van der Waals surface area contributed by atoms with Crippen LogP contribution in [0.2, 0.25) is 0 Å². The Hall–Kier alpha value is -2.92. The number of likely N-dealkylation sites (N-methyl/N-ethyl adjacent to an activating group) is 1. The van der Waals surface area contributed by atoms with Crippen LogP contribution >= 0.6 is 0 Å². The first-order chi connectivity index (χ1) is 14.2. The summed E-state index contributed by atoms with van der Waals surface area (Å²) in [6.45, 7) is 10.3. The van der Waals surface area contributed by atoms with Gasteiger partial charge < -0.3 is 15.1 Å². The molecule has 1 fully saturated rings. The normalized spacial score (nSPS) is 14.8. The van der Waals surface area contributed by atoms with Crippen LogP contribution in [0.25, 0.3) is 11.3 Å². The zero-order chi connectivity index (χ0) is 20.1. The van der Waals surface area contributed by atoms with Crippen LogP contribution < -0.4 is 10.2 Å². The molecular weight excluding hydrogens is 358 g/mol. The minimum atomic E-state index is 0.683. The molecule has 0 spiro atoms. The lowest BCUT2D eigenvalue weighted by Gasteiger charge is -2.35. The van der Waals surface area contributed by atoms with Gasteiger partial charge in [0.1, 0.15) is 5.82 Å². The van der Waals surface area contributed by atoms with Gasteiger partial charge in [0.2, 0.25) is 5.95 Å². The molecule has 5 heteroatoms. The molecule has 1 aliphatic rings. The van der Waals surface area contributed by atoms with Crippen LogP contribution in [0.4, 0.5) is 11.8 Å². The summed E-state index contributed by atoms with van der Waals surface area (Å²) in [5, 5.41) is 3.45. The minimum Gasteiger partial charge on any atom is -0.354 e. The largest absolute Gasteiger partial charge is 0.354 e. The number of aromatic nitrogens is 2. The Kier molecular flexibility index (Phi) is 6.06. The summed E-state index contributed by atoms with van der Waals surface area (Å²) < 4.78 is 0. The SMILES string of the molecule is CCN1CCN(c2cc(-c3ccccc3)nc(NCc3ccccc3C)n2)CC1. The standard InChI is InChI=1S/C24H29N5/c1-3-28-13-15-29(16-14-28)23-17-22(20-10-5-4-6-11-20)26-24(27-23)25-18-21-12-8-7-9-19(21)2/h4-12,17H,3,13-16,18H2,1-2H3,(H,25,26,27). The summed E-state index contributed by atoms with van der Waals surface area (Å²) >= 11 is 0. The molecule has 2 aromatic carbocycles. The van der Waals surface area contributed by atoms with Gasteiger partial charge in [0.15, 0.2) is 0 Å². The Morgan fingerprint density at radius 3 is 2.34 bits per heavy atom. The average Bonchev–Trinajstić information content (AvgIpc) is 2.79. The molecule has 1 saturated heterocycles. The lowest BCUT2D eigenvalue weighted by molar-refractivity contribution is 0.270. The Labute approximate surface area is 173 Å². The zero-order valence-electron chi connectivity index (χ0n) is 17.3. The number of hydrogen-bond donors (Lipinski definition) is 1. The molecule has 1 N–H and O–H groups in total. The first kappa shape index (κ1) is 19.4. The molecule has 0 atom stereocenters. The molecule has 0 saturated carbocycles. The highest BCUT2D eigenvalue weighted by Gasteiger charge is 2.18. The molecule has 1 aliphatic heterocycles. The second-order valence-electron chi connectivity index (χ2n) is 7.50. The zero-order valence-corrected chi connectivity index (χ0v) is 17.3. The van der Waals surface area contributed by atoms with E-state index in [1.54, 1.807) is 0 Å². The third-order valence-electron chi connectivity index (χ3n) is 5.62. The van der Waals surface area contributed by atoms with Gasteiger partial charge in [-0.3, -0.25) is 0 Å². The molecule has 150 valence electrons. The monoisotopic (exact) mass is 387 g/mol. The fourth-order valence-electron chi connectivity index (χ4n) is 3.71. The molecule has 0 aliphatic carbocycles. The van der Waals surface area contributed by atoms with Gasteiger partial charge >= 0.3 is 0 Å². The van der Waals surface area contributed by atoms with E-state index in [9.17, 15) is 0 Å². The second kappa shape index (κ2) is 9.05. The average molecular weight is 388 g/mol. The first-order valence-corrected chi connectivity index (χ1v) is 10.4. The van der Waals surface area contributed by atoms with Crippen LogP contribution in [-0.2, 0) is 6.54 Å². The summed E-state index contributed by atoms with van der Waals surface area (Å²) in [6, 6.07) is 20.9. The van der Waals surface area contributed by atoms with Crippen molar-refractivity contribution in [1.29, 1.82) is 0 Å². The van der Waals surface area contributed by atoms with Crippen LogP contribution in [-0.4, -0.2) is 47.6 Å². The Morgan fingerprint density at radius 1 is 0.897 bits per heavy atom. The first-order valence-electron chi connectivity index (χ1n) is 10.4. The van der Waals surface area contributed by atoms with Crippen molar-refractivity contribution in [3.8, 4) is 11.3 Å². The highest BCUT2D eigenvalue weighted by molar-refractivity contribution is 5.65. The van der Waals surface area contributed by atoms with Crippen LogP contribution in [0.5, 0.6) is 0 Å². The van der Waals surface area contributed by atoms with E-state index in [0.717, 1.165) is 49.8 Å². The van der Waals surface area contributed by atoms with Crippen LogP contribution in [0.15, 0.2) is 60.7 Å². The van der Waals surface area contributed by atoms with Crippen LogP contribution in [0.1, 0.15) is 18.1 Å². The number of nitrogens with zero attached hydrogens (tertiary/aromatic N) is 4. The fourth-order valence-corrected chi connectivity index (χ4v) is 3.71. The molecular formula is C24H29N5. The predicted octanol–water partition coefficient (Wildman–Crippen LogP) is 4.21. The van der Waals surface area contributed by atoms with E-state index >= 15 is 0 Å². The van der Waals surface area contributed by atoms with E-state index in [2.05, 4.69) is 83.6 Å². The molecule has 2 heterocycles. The molecule has 3 aromatic rings. The highest BCUT2D eigenvalue weighted by atomic mass is 15.3. The third-order valence-corrected chi connectivity index (χ3v) is 5.62. The van der Waals surface area contributed by atoms with Crippen LogP contribution in [0, 0.1) is 6.92 Å². The second-order valence-corrected chi connectivity index (χ2v) is 7.50. The third kappa shape index (κ3) is 4.74. The molecule has 0 radical (unpaired) electrons. The van der Waals surface area contributed by atoms with Crippen molar-refractivity contribution in [2.75, 3.05) is 42.9 Å². The maximum atomic E-state index is 4.86. The lowest BCUT2D eigenvalue weighted by Crippen LogP contribution is -2.46. The highest BCUT2D eigenvalue weighted by Crippen LogP contribution is 2.24. The summed E-state index contributed by atoms with van der Waals surface area (Å²) in [6.07, 6.45) is 0. The predicted molar refractivity (Wildman–Crippen MR) is 120 cm³/mol. The van der Waals surface area contributed by atoms with E-state index in [1.807, 2.05) is 6.07 Å². The van der Waals surface area contributed by atoms with E-state index in [4.69, 9.17) is 9.97 Å². The van der Waals surface area contributed by atoms with Crippen molar-refractivity contribution in [1.82, 2.24) is 14.9 Å². The Balaban J connectivity index is 1.61. The van der Waals surface area contributed by atoms with E-state index in [-0.39, 0.29) is 0 Å². The van der Waals surface area contributed by atoms with Crippen molar-refractivity contribution >= 4 is 11.8 Å². The van der Waals surface area contributed by atoms with Crippen molar-refractivity contribution in [2.24, 2.45) is 0 Å². The smallest absolute Gasteiger partial charge is 0.225 e. The maximum Gasteiger partial charge on any atom is 0.225 e. The van der Waals surface area contributed by atoms with Gasteiger partial charge in [-0.15, -0.1) is 0 Å². The van der Waals surface area contributed by atoms with Gasteiger partial charge in [-0.25, -0.2) is 4.98 Å². The molecule has 5 nitrogen and oxygen atoms in total. The van der Waals surface area contributed by atoms with E-state index in [1.165, 1.54) is 11.1 Å². The molecule has 29 heavy (non-hydrogen) atoms. The fraction of sp³-hybridized carbons (Fsp3) is 0.333. The molecule has 4 rings (SSSR count). The summed E-state index contributed by atoms with van der Waals surface area (Å²) in [5.41, 5.74) is 4.61. The summed E-state index contributed by atoms with van der Waals surface area (Å²) in [5.74, 6) is 1.68. The number of aryl methyl sites for hydroxylation is 1. The molecule has 0 unspecified atom stereocenters. The summed E-state index contributed by atoms with van der Waals surface area (Å²) in [7, 11) is 0. The van der Waals surface area contributed by atoms with Gasteiger partial charge in [-0.1, -0.05) is 61.5 Å². The van der Waals surface area contributed by atoms with Gasteiger partial charge in [0.05, 0.1) is 5.69 Å². The Morgan fingerprint density at radius 2 is 1.62 bits per heavy atom. The molecule has 0 bridgehead atoms. The van der Waals surface area contributed by atoms with Crippen molar-refractivity contribution in [3.05, 3.63) is 71.8 Å². The van der Waals surface area contributed by atoms with Crippen molar-refractivity contribution in [2.45, 2.75) is 20.4 Å². The van der Waals surface area contributed by atoms with Gasteiger partial charge in [-0.05, 0) is 24.6 Å². The van der Waals surface area contributed by atoms with E-state index in [0.29, 0.717) is 12.5 Å². The minimum absolute atomic E-state index is 0.683. The van der Waals surface area contributed by atoms with Crippen molar-refractivity contribution in [3.63, 3.8) is 0 Å².